The molecule has 0 aromatic heterocycles. The number of hydrogen-bond donors (Lipinski definition) is 3. The molecule has 2 heterocycles. The summed E-state index contributed by atoms with van der Waals surface area (Å²) < 4.78 is 11.4. The van der Waals surface area contributed by atoms with Gasteiger partial charge >= 0.3 is 23.9 Å². The SMILES string of the molecule is CC1(C)CC(OC(=O)CCCCCCCCC(=O)O)CC(C)(C)N1.CN1C(C)(C)CC(OC(=O)CCCCCCCCC(=O)O)CC1(C)C. The van der Waals surface area contributed by atoms with Crippen LogP contribution in [0.1, 0.15) is 184 Å². The van der Waals surface area contributed by atoms with Gasteiger partial charge in [-0.05, 0) is 88.1 Å². The minimum atomic E-state index is -0.720. The molecule has 2 rings (SSSR count). The predicted octanol–water partition coefficient (Wildman–Crippen LogP) is 8.43. The van der Waals surface area contributed by atoms with Crippen molar-refractivity contribution in [2.75, 3.05) is 7.05 Å². The van der Waals surface area contributed by atoms with Gasteiger partial charge in [0.25, 0.3) is 0 Å². The van der Waals surface area contributed by atoms with Crippen LogP contribution in [-0.2, 0) is 28.7 Å². The van der Waals surface area contributed by atoms with Crippen molar-refractivity contribution in [1.82, 2.24) is 10.2 Å². The number of ether oxygens (including phenoxy) is 2. The number of esters is 2. The Labute approximate surface area is 297 Å². The van der Waals surface area contributed by atoms with Crippen LogP contribution in [0.2, 0.25) is 0 Å². The van der Waals surface area contributed by atoms with Crippen molar-refractivity contribution in [3.8, 4) is 0 Å². The fraction of sp³-hybridized carbons (Fsp3) is 0.897. The molecule has 2 saturated heterocycles. The van der Waals surface area contributed by atoms with Crippen molar-refractivity contribution in [2.24, 2.45) is 0 Å². The standard InChI is InChI=1S/C20H37NO4.C19H35NO4/c1-19(2)14-16(15-20(3,4)21(19)5)25-18(24)13-11-9-7-6-8-10-12-17(22)23;1-18(2)13-15(14-19(3,4)20-18)24-17(23)12-10-8-6-5-7-9-11-16(21)22/h16H,6-15H2,1-5H3,(H,22,23);15,20H,5-14H2,1-4H3,(H,21,22). The van der Waals surface area contributed by atoms with Gasteiger partial charge < -0.3 is 25.0 Å². The summed E-state index contributed by atoms with van der Waals surface area (Å²) in [6, 6.07) is 0. The number of carboxylic acid groups (broad SMARTS) is 2. The van der Waals surface area contributed by atoms with Gasteiger partial charge in [-0.3, -0.25) is 24.1 Å². The molecule has 2 aliphatic heterocycles. The Balaban J connectivity index is 0.000000490. The fourth-order valence-electron chi connectivity index (χ4n) is 7.67. The summed E-state index contributed by atoms with van der Waals surface area (Å²) >= 11 is 0. The molecule has 286 valence electrons. The summed E-state index contributed by atoms with van der Waals surface area (Å²) in [6.45, 7) is 17.4. The quantitative estimate of drug-likeness (QED) is 0.0838. The lowest BCUT2D eigenvalue weighted by Crippen LogP contribution is -2.60. The number of piperidine rings is 2. The molecule has 0 aromatic rings. The number of unbranched alkanes of at least 4 members (excludes halogenated alkanes) is 10. The highest BCUT2D eigenvalue weighted by Gasteiger charge is 2.44. The van der Waals surface area contributed by atoms with E-state index in [2.05, 4.69) is 72.7 Å². The minimum absolute atomic E-state index is 0.000214. The molecule has 0 bridgehead atoms. The topological polar surface area (TPSA) is 142 Å². The Morgan fingerprint density at radius 3 is 1.14 bits per heavy atom. The second-order valence-corrected chi connectivity index (χ2v) is 17.1. The summed E-state index contributed by atoms with van der Waals surface area (Å²) in [4.78, 5) is 47.4. The number of nitrogens with zero attached hydrogens (tertiary/aromatic N) is 1. The Bertz CT molecular complexity index is 988. The molecule has 2 fully saturated rings. The predicted molar refractivity (Wildman–Crippen MR) is 195 cm³/mol. The first-order chi connectivity index (χ1) is 22.6. The lowest BCUT2D eigenvalue weighted by Gasteiger charge is -2.53. The Hall–Kier alpha value is -2.20. The van der Waals surface area contributed by atoms with E-state index in [1.54, 1.807) is 0 Å². The van der Waals surface area contributed by atoms with Crippen molar-refractivity contribution in [2.45, 2.75) is 218 Å². The van der Waals surface area contributed by atoms with E-state index in [4.69, 9.17) is 19.7 Å². The highest BCUT2D eigenvalue weighted by molar-refractivity contribution is 5.70. The van der Waals surface area contributed by atoms with Crippen LogP contribution < -0.4 is 5.32 Å². The monoisotopic (exact) mass is 697 g/mol. The highest BCUT2D eigenvalue weighted by atomic mass is 16.5. The van der Waals surface area contributed by atoms with E-state index in [9.17, 15) is 19.2 Å². The van der Waals surface area contributed by atoms with Gasteiger partial charge in [0.1, 0.15) is 12.2 Å². The molecule has 10 nitrogen and oxygen atoms in total. The summed E-state index contributed by atoms with van der Waals surface area (Å²) in [5, 5.41) is 20.7. The molecule has 0 amide bonds. The van der Waals surface area contributed by atoms with E-state index in [0.29, 0.717) is 12.8 Å². The van der Waals surface area contributed by atoms with E-state index in [-0.39, 0.29) is 59.1 Å². The van der Waals surface area contributed by atoms with Crippen molar-refractivity contribution in [1.29, 1.82) is 0 Å². The van der Waals surface area contributed by atoms with Crippen molar-refractivity contribution in [3.05, 3.63) is 0 Å². The van der Waals surface area contributed by atoms with Gasteiger partial charge in [0.2, 0.25) is 0 Å². The molecular weight excluding hydrogens is 624 g/mol. The molecule has 0 aliphatic carbocycles. The first-order valence-corrected chi connectivity index (χ1v) is 19.0. The molecule has 0 saturated carbocycles. The second-order valence-electron chi connectivity index (χ2n) is 17.1. The summed E-state index contributed by atoms with van der Waals surface area (Å²) in [6.07, 6.45) is 16.3. The highest BCUT2D eigenvalue weighted by Crippen LogP contribution is 2.38. The van der Waals surface area contributed by atoms with E-state index in [0.717, 1.165) is 103 Å². The molecule has 10 heteroatoms. The molecule has 0 spiro atoms. The Morgan fingerprint density at radius 2 is 0.816 bits per heavy atom. The van der Waals surface area contributed by atoms with Gasteiger partial charge in [0.05, 0.1) is 0 Å². The minimum Gasteiger partial charge on any atom is -0.481 e. The molecule has 3 N–H and O–H groups in total. The molecule has 49 heavy (non-hydrogen) atoms. The number of rotatable bonds is 20. The number of carboxylic acids is 2. The van der Waals surface area contributed by atoms with Gasteiger partial charge in [-0.2, -0.15) is 0 Å². The zero-order valence-corrected chi connectivity index (χ0v) is 32.6. The summed E-state index contributed by atoms with van der Waals surface area (Å²) in [7, 11) is 2.15. The second kappa shape index (κ2) is 21.2. The number of aliphatic carboxylic acids is 2. The van der Waals surface area contributed by atoms with E-state index in [1.807, 2.05) is 0 Å². The maximum Gasteiger partial charge on any atom is 0.306 e. The molecule has 0 unspecified atom stereocenters. The van der Waals surface area contributed by atoms with Crippen molar-refractivity contribution in [3.63, 3.8) is 0 Å². The van der Waals surface area contributed by atoms with E-state index >= 15 is 0 Å². The number of carbonyl (C=O) groups is 4. The van der Waals surface area contributed by atoms with Gasteiger partial charge in [0.15, 0.2) is 0 Å². The Kier molecular flexibility index (Phi) is 19.4. The molecule has 0 radical (unpaired) electrons. The zero-order chi connectivity index (χ0) is 37.3. The van der Waals surface area contributed by atoms with Gasteiger partial charge in [-0.25, -0.2) is 0 Å². The van der Waals surface area contributed by atoms with Gasteiger partial charge in [0, 0.05) is 73.5 Å². The maximum absolute atomic E-state index is 12.1. The largest absolute Gasteiger partial charge is 0.481 e. The van der Waals surface area contributed by atoms with Crippen molar-refractivity contribution >= 4 is 23.9 Å². The smallest absolute Gasteiger partial charge is 0.306 e. The van der Waals surface area contributed by atoms with Crippen LogP contribution in [0.25, 0.3) is 0 Å². The summed E-state index contributed by atoms with van der Waals surface area (Å²) in [5.74, 6) is -1.60. The van der Waals surface area contributed by atoms with Crippen molar-refractivity contribution < 1.29 is 38.9 Å². The van der Waals surface area contributed by atoms with Crippen LogP contribution in [-0.4, -0.2) is 80.4 Å². The van der Waals surface area contributed by atoms with Gasteiger partial charge in [-0.1, -0.05) is 51.4 Å². The molecular formula is C39H72N2O8. The number of nitrogens with one attached hydrogen (secondary N) is 1. The van der Waals surface area contributed by atoms with Crippen LogP contribution >= 0.6 is 0 Å². The molecule has 0 atom stereocenters. The van der Waals surface area contributed by atoms with Crippen LogP contribution in [0.15, 0.2) is 0 Å². The first kappa shape index (κ1) is 44.8. The number of carbonyl (C=O) groups excluding carboxylic acids is 2. The third-order valence-corrected chi connectivity index (χ3v) is 10.1. The van der Waals surface area contributed by atoms with Crippen LogP contribution in [0.3, 0.4) is 0 Å². The van der Waals surface area contributed by atoms with E-state index < -0.39 is 11.9 Å². The average molecular weight is 697 g/mol. The lowest BCUT2D eigenvalue weighted by atomic mass is 9.79. The number of hydrogen-bond acceptors (Lipinski definition) is 8. The average Bonchev–Trinajstić information content (AvgIpc) is 2.92. The zero-order valence-electron chi connectivity index (χ0n) is 32.6. The number of likely N-dealkylation sites (tertiary alicyclic amines) is 1. The lowest BCUT2D eigenvalue weighted by molar-refractivity contribution is -0.159. The summed E-state index contributed by atoms with van der Waals surface area (Å²) in [5.41, 5.74) is 0.0383. The van der Waals surface area contributed by atoms with E-state index in [1.165, 1.54) is 0 Å². The maximum atomic E-state index is 12.1. The fourth-order valence-corrected chi connectivity index (χ4v) is 7.67. The molecule has 0 aromatic carbocycles. The third-order valence-electron chi connectivity index (χ3n) is 10.1. The normalized spacial score (nSPS) is 20.1. The Morgan fingerprint density at radius 1 is 0.531 bits per heavy atom. The van der Waals surface area contributed by atoms with Crippen LogP contribution in [0.5, 0.6) is 0 Å². The molecule has 2 aliphatic rings. The third kappa shape index (κ3) is 20.3. The van der Waals surface area contributed by atoms with Gasteiger partial charge in [-0.15, -0.1) is 0 Å². The van der Waals surface area contributed by atoms with Crippen LogP contribution in [0, 0.1) is 0 Å². The first-order valence-electron chi connectivity index (χ1n) is 19.0. The van der Waals surface area contributed by atoms with Crippen LogP contribution in [0.4, 0.5) is 0 Å².